The van der Waals surface area contributed by atoms with Crippen molar-refractivity contribution >= 4 is 35.6 Å². The first-order valence-electron chi connectivity index (χ1n) is 9.22. The lowest BCUT2D eigenvalue weighted by Crippen LogP contribution is -2.52. The van der Waals surface area contributed by atoms with Gasteiger partial charge in [0.1, 0.15) is 5.75 Å². The van der Waals surface area contributed by atoms with Gasteiger partial charge in [-0.3, -0.25) is 9.67 Å². The minimum Gasteiger partial charge on any atom is -0.506 e. The lowest BCUT2D eigenvalue weighted by atomic mass is 10.2. The van der Waals surface area contributed by atoms with Gasteiger partial charge in [0.25, 0.3) is 0 Å². The first-order chi connectivity index (χ1) is 12.7. The number of anilines is 1. The molecule has 1 aromatic carbocycles. The first-order valence-corrected chi connectivity index (χ1v) is 9.22. The second kappa shape index (κ2) is 10.4. The van der Waals surface area contributed by atoms with Crippen LogP contribution in [0.4, 0.5) is 5.69 Å². The van der Waals surface area contributed by atoms with Gasteiger partial charge < -0.3 is 20.2 Å². The maximum Gasteiger partial charge on any atom is 0.194 e. The number of rotatable bonds is 5. The molecule has 1 aliphatic rings. The largest absolute Gasteiger partial charge is 0.506 e. The zero-order valence-corrected chi connectivity index (χ0v) is 18.3. The zero-order chi connectivity index (χ0) is 18.4. The second-order valence-corrected chi connectivity index (χ2v) is 6.48. The number of hydrogen-bond acceptors (Lipinski definition) is 4. The summed E-state index contributed by atoms with van der Waals surface area (Å²) in [6, 6.07) is 7.52. The third-order valence-corrected chi connectivity index (χ3v) is 4.49. The number of aryl methyl sites for hydroxylation is 1. The number of aromatic nitrogens is 2. The van der Waals surface area contributed by atoms with Gasteiger partial charge in [0, 0.05) is 38.9 Å². The number of guanidine groups is 1. The number of aromatic hydroxyl groups is 1. The van der Waals surface area contributed by atoms with Crippen molar-refractivity contribution in [2.75, 3.05) is 44.2 Å². The predicted octanol–water partition coefficient (Wildman–Crippen LogP) is 2.30. The van der Waals surface area contributed by atoms with E-state index in [4.69, 9.17) is 4.99 Å². The van der Waals surface area contributed by atoms with Crippen LogP contribution in [0.15, 0.2) is 41.7 Å². The minimum atomic E-state index is 0. The number of para-hydroxylation sites is 2. The van der Waals surface area contributed by atoms with E-state index in [0.29, 0.717) is 12.3 Å². The average Bonchev–Trinajstić information content (AvgIpc) is 3.07. The van der Waals surface area contributed by atoms with Crippen LogP contribution in [0.3, 0.4) is 0 Å². The topological polar surface area (TPSA) is 68.9 Å². The average molecular weight is 484 g/mol. The van der Waals surface area contributed by atoms with Gasteiger partial charge in [0.15, 0.2) is 5.96 Å². The van der Waals surface area contributed by atoms with Crippen molar-refractivity contribution in [3.8, 4) is 5.75 Å². The molecule has 0 amide bonds. The van der Waals surface area contributed by atoms with E-state index in [-0.39, 0.29) is 24.0 Å². The van der Waals surface area contributed by atoms with Gasteiger partial charge in [-0.15, -0.1) is 24.0 Å². The van der Waals surface area contributed by atoms with Crippen LogP contribution in [0.1, 0.15) is 12.5 Å². The molecule has 7 nitrogen and oxygen atoms in total. The van der Waals surface area contributed by atoms with Gasteiger partial charge in [0.05, 0.1) is 25.0 Å². The van der Waals surface area contributed by atoms with Crippen molar-refractivity contribution in [1.29, 1.82) is 0 Å². The Kier molecular flexibility index (Phi) is 8.21. The highest BCUT2D eigenvalue weighted by atomic mass is 127. The van der Waals surface area contributed by atoms with E-state index in [9.17, 15) is 5.11 Å². The lowest BCUT2D eigenvalue weighted by molar-refractivity contribution is 0.369. The zero-order valence-electron chi connectivity index (χ0n) is 16.0. The molecular weight excluding hydrogens is 455 g/mol. The third kappa shape index (κ3) is 5.75. The van der Waals surface area contributed by atoms with E-state index in [1.165, 1.54) is 5.56 Å². The fourth-order valence-electron chi connectivity index (χ4n) is 3.16. The maximum absolute atomic E-state index is 10.0. The monoisotopic (exact) mass is 484 g/mol. The molecule has 2 heterocycles. The van der Waals surface area contributed by atoms with Crippen molar-refractivity contribution < 1.29 is 5.11 Å². The van der Waals surface area contributed by atoms with Crippen LogP contribution in [0.5, 0.6) is 5.75 Å². The van der Waals surface area contributed by atoms with Crippen molar-refractivity contribution in [3.05, 3.63) is 42.2 Å². The van der Waals surface area contributed by atoms with E-state index in [0.717, 1.165) is 50.9 Å². The van der Waals surface area contributed by atoms with Crippen molar-refractivity contribution in [1.82, 2.24) is 20.0 Å². The van der Waals surface area contributed by atoms with E-state index in [1.807, 2.05) is 42.2 Å². The van der Waals surface area contributed by atoms with Crippen LogP contribution in [0, 0.1) is 6.92 Å². The van der Waals surface area contributed by atoms with Crippen LogP contribution in [0.25, 0.3) is 0 Å². The summed E-state index contributed by atoms with van der Waals surface area (Å²) in [5, 5.41) is 17.7. The van der Waals surface area contributed by atoms with E-state index >= 15 is 0 Å². The highest BCUT2D eigenvalue weighted by molar-refractivity contribution is 14.0. The number of benzene rings is 1. The van der Waals surface area contributed by atoms with Gasteiger partial charge >= 0.3 is 0 Å². The Labute approximate surface area is 178 Å². The summed E-state index contributed by atoms with van der Waals surface area (Å²) in [7, 11) is 0. The van der Waals surface area contributed by atoms with Crippen LogP contribution < -0.4 is 10.2 Å². The number of phenols is 1. The molecule has 2 aromatic rings. The molecule has 0 aliphatic carbocycles. The molecule has 148 valence electrons. The van der Waals surface area contributed by atoms with E-state index < -0.39 is 0 Å². The number of nitrogens with zero attached hydrogens (tertiary/aromatic N) is 5. The Bertz CT molecular complexity index is 739. The summed E-state index contributed by atoms with van der Waals surface area (Å²) >= 11 is 0. The molecule has 1 aliphatic heterocycles. The van der Waals surface area contributed by atoms with Crippen LogP contribution in [-0.4, -0.2) is 65.0 Å². The van der Waals surface area contributed by atoms with Gasteiger partial charge in [-0.2, -0.15) is 5.10 Å². The summed E-state index contributed by atoms with van der Waals surface area (Å²) in [4.78, 5) is 9.27. The Morgan fingerprint density at radius 1 is 1.22 bits per heavy atom. The minimum absolute atomic E-state index is 0. The van der Waals surface area contributed by atoms with Gasteiger partial charge in [-0.1, -0.05) is 12.1 Å². The summed E-state index contributed by atoms with van der Waals surface area (Å²) in [6.07, 6.45) is 3.90. The Hall–Kier alpha value is -1.97. The van der Waals surface area contributed by atoms with E-state index in [2.05, 4.69) is 27.1 Å². The van der Waals surface area contributed by atoms with Crippen LogP contribution in [-0.2, 0) is 6.54 Å². The summed E-state index contributed by atoms with van der Waals surface area (Å²) in [5.41, 5.74) is 2.07. The number of piperazine rings is 1. The Balaban J connectivity index is 0.00000261. The first kappa shape index (κ1) is 21.3. The highest BCUT2D eigenvalue weighted by Crippen LogP contribution is 2.27. The molecule has 0 saturated carbocycles. The van der Waals surface area contributed by atoms with Gasteiger partial charge in [-0.25, -0.2) is 0 Å². The molecule has 27 heavy (non-hydrogen) atoms. The molecular formula is C19H29IN6O. The smallest absolute Gasteiger partial charge is 0.194 e. The maximum atomic E-state index is 10.0. The van der Waals surface area contributed by atoms with E-state index in [1.54, 1.807) is 6.07 Å². The predicted molar refractivity (Wildman–Crippen MR) is 120 cm³/mol. The van der Waals surface area contributed by atoms with Crippen molar-refractivity contribution in [3.63, 3.8) is 0 Å². The molecule has 0 unspecified atom stereocenters. The van der Waals surface area contributed by atoms with Gasteiger partial charge in [-0.05, 0) is 31.5 Å². The normalized spacial score (nSPS) is 14.8. The fraction of sp³-hybridized carbons (Fsp3) is 0.474. The van der Waals surface area contributed by atoms with Gasteiger partial charge in [0.2, 0.25) is 0 Å². The summed E-state index contributed by atoms with van der Waals surface area (Å²) in [5.74, 6) is 1.30. The second-order valence-electron chi connectivity index (χ2n) is 6.48. The molecule has 0 bridgehead atoms. The molecule has 8 heteroatoms. The quantitative estimate of drug-likeness (QED) is 0.388. The molecule has 1 fully saturated rings. The molecule has 1 saturated heterocycles. The molecule has 3 rings (SSSR count). The Morgan fingerprint density at radius 3 is 2.59 bits per heavy atom. The van der Waals surface area contributed by atoms with Crippen LogP contribution >= 0.6 is 24.0 Å². The highest BCUT2D eigenvalue weighted by Gasteiger charge is 2.21. The molecule has 0 radical (unpaired) electrons. The summed E-state index contributed by atoms with van der Waals surface area (Å²) < 4.78 is 1.93. The summed E-state index contributed by atoms with van der Waals surface area (Å²) in [6.45, 7) is 9.93. The number of hydrogen-bond donors (Lipinski definition) is 2. The standard InChI is InChI=1S/C19H28N6O.HI/c1-3-20-19(21-8-9-25-15-16(2)14-22-25)24-12-10-23(11-13-24)17-6-4-5-7-18(17)26;/h4-7,14-15,26H,3,8-13H2,1-2H3,(H,20,21);1H. The number of halogens is 1. The number of aliphatic imine (C=N–C) groups is 1. The fourth-order valence-corrected chi connectivity index (χ4v) is 3.16. The Morgan fingerprint density at radius 2 is 1.96 bits per heavy atom. The van der Waals surface area contributed by atoms with Crippen LogP contribution in [0.2, 0.25) is 0 Å². The van der Waals surface area contributed by atoms with Crippen molar-refractivity contribution in [2.45, 2.75) is 20.4 Å². The molecule has 0 spiro atoms. The number of nitrogens with one attached hydrogen (secondary N) is 1. The van der Waals surface area contributed by atoms with Crippen molar-refractivity contribution in [2.24, 2.45) is 4.99 Å². The third-order valence-electron chi connectivity index (χ3n) is 4.49. The molecule has 0 atom stereocenters. The molecule has 2 N–H and O–H groups in total. The number of phenolic OH excluding ortho intramolecular Hbond substituents is 1. The lowest BCUT2D eigenvalue weighted by Gasteiger charge is -2.37. The molecule has 1 aromatic heterocycles. The SMILES string of the molecule is CCNC(=NCCn1cc(C)cn1)N1CCN(c2ccccc2O)CC1.I.